The lowest BCUT2D eigenvalue weighted by Crippen LogP contribution is -2.38. The van der Waals surface area contributed by atoms with Crippen LogP contribution in [0.15, 0.2) is 51.6 Å². The molecule has 0 aliphatic carbocycles. The molecule has 6 nitrogen and oxygen atoms in total. The number of nitrogens with one attached hydrogen (secondary N) is 1. The number of rotatable bonds is 7. The van der Waals surface area contributed by atoms with Crippen LogP contribution < -0.4 is 5.32 Å². The van der Waals surface area contributed by atoms with Gasteiger partial charge in [-0.2, -0.15) is 0 Å². The number of hydrogen-bond acceptors (Lipinski definition) is 6. The largest absolute Gasteiger partial charge is 0.463 e. The number of amides is 1. The van der Waals surface area contributed by atoms with E-state index in [1.165, 1.54) is 11.8 Å². The smallest absolute Gasteiger partial charge is 0.338 e. The number of amidine groups is 1. The molecule has 0 aromatic heterocycles. The Morgan fingerprint density at radius 3 is 2.57 bits per heavy atom. The van der Waals surface area contributed by atoms with Crippen LogP contribution in [0, 0.1) is 12.8 Å². The maximum absolute atomic E-state index is 12.9. The molecular formula is C23H29N3O3S. The first-order chi connectivity index (χ1) is 14.3. The molecule has 1 amide bonds. The van der Waals surface area contributed by atoms with E-state index in [0.717, 1.165) is 22.0 Å². The number of benzene rings is 1. The van der Waals surface area contributed by atoms with E-state index in [1.807, 2.05) is 48.4 Å². The van der Waals surface area contributed by atoms with Gasteiger partial charge in [-0.05, 0) is 37.7 Å². The summed E-state index contributed by atoms with van der Waals surface area (Å²) in [7, 11) is 0. The summed E-state index contributed by atoms with van der Waals surface area (Å²) in [4.78, 5) is 32.0. The molecule has 3 rings (SSSR count). The van der Waals surface area contributed by atoms with Gasteiger partial charge in [0.05, 0.1) is 30.3 Å². The molecule has 0 saturated carbocycles. The number of thioether (sulfide) groups is 1. The van der Waals surface area contributed by atoms with Crippen molar-refractivity contribution in [2.45, 2.75) is 47.1 Å². The van der Waals surface area contributed by atoms with Crippen molar-refractivity contribution in [1.29, 1.82) is 0 Å². The predicted molar refractivity (Wildman–Crippen MR) is 121 cm³/mol. The first-order valence-corrected chi connectivity index (χ1v) is 11.1. The highest BCUT2D eigenvalue weighted by molar-refractivity contribution is 8.16. The molecule has 0 fully saturated rings. The summed E-state index contributed by atoms with van der Waals surface area (Å²) in [6, 6.07) is 7.72. The maximum Gasteiger partial charge on any atom is 0.338 e. The number of nitrogens with zero attached hydrogens (tertiary/aromatic N) is 2. The van der Waals surface area contributed by atoms with E-state index in [1.54, 1.807) is 6.92 Å². The number of carbonyl (C=O) groups is 2. The Morgan fingerprint density at radius 1 is 1.23 bits per heavy atom. The van der Waals surface area contributed by atoms with Gasteiger partial charge in [0, 0.05) is 12.2 Å². The van der Waals surface area contributed by atoms with Crippen LogP contribution in [0.5, 0.6) is 0 Å². The van der Waals surface area contributed by atoms with Crippen LogP contribution in [-0.2, 0) is 14.3 Å². The Kier molecular flexibility index (Phi) is 7.02. The topological polar surface area (TPSA) is 71.0 Å². The number of aryl methyl sites for hydroxylation is 1. The normalized spacial score (nSPS) is 18.2. The van der Waals surface area contributed by atoms with Gasteiger partial charge in [0.15, 0.2) is 5.17 Å². The monoisotopic (exact) mass is 427 g/mol. The molecule has 2 aliphatic rings. The molecule has 2 aliphatic heterocycles. The summed E-state index contributed by atoms with van der Waals surface area (Å²) < 4.78 is 5.36. The van der Waals surface area contributed by atoms with E-state index in [9.17, 15) is 9.59 Å². The quantitative estimate of drug-likeness (QED) is 0.657. The fraction of sp³-hybridized carbons (Fsp3) is 0.435. The highest BCUT2D eigenvalue weighted by Crippen LogP contribution is 2.44. The van der Waals surface area contributed by atoms with Crippen molar-refractivity contribution in [3.05, 3.63) is 57.8 Å². The number of aliphatic imine (C=N–C) groups is 1. The minimum Gasteiger partial charge on any atom is -0.463 e. The van der Waals surface area contributed by atoms with Gasteiger partial charge in [-0.25, -0.2) is 9.79 Å². The summed E-state index contributed by atoms with van der Waals surface area (Å²) in [6.45, 7) is 10.7. The summed E-state index contributed by atoms with van der Waals surface area (Å²) in [5, 5.41) is 5.70. The zero-order chi connectivity index (χ0) is 21.8. The van der Waals surface area contributed by atoms with Crippen molar-refractivity contribution >= 4 is 28.8 Å². The minimum absolute atomic E-state index is 0.0385. The Labute approximate surface area is 182 Å². The number of ether oxygens (including phenoxy) is 1. The molecule has 0 spiro atoms. The molecule has 0 saturated heterocycles. The van der Waals surface area contributed by atoms with Crippen LogP contribution >= 0.6 is 11.8 Å². The molecule has 160 valence electrons. The van der Waals surface area contributed by atoms with Gasteiger partial charge < -0.3 is 15.0 Å². The van der Waals surface area contributed by atoms with E-state index in [-0.39, 0.29) is 24.3 Å². The summed E-state index contributed by atoms with van der Waals surface area (Å²) in [5.74, 6) is -0.0263. The van der Waals surface area contributed by atoms with Crippen LogP contribution in [-0.4, -0.2) is 35.1 Å². The van der Waals surface area contributed by atoms with Gasteiger partial charge in [0.25, 0.3) is 0 Å². The molecule has 1 atom stereocenters. The highest BCUT2D eigenvalue weighted by atomic mass is 32.2. The second kappa shape index (κ2) is 9.51. The van der Waals surface area contributed by atoms with Gasteiger partial charge >= 0.3 is 5.97 Å². The Bertz CT molecular complexity index is 916. The van der Waals surface area contributed by atoms with Crippen LogP contribution in [0.2, 0.25) is 0 Å². The molecule has 0 bridgehead atoms. The SMILES string of the molecule is CCOC(=O)C1=C(C)N=C2SC=C(CC(=O)NCC(C)C)N2C1c1ccc(C)cc1. The van der Waals surface area contributed by atoms with Crippen molar-refractivity contribution < 1.29 is 14.3 Å². The number of carbonyl (C=O) groups excluding carboxylic acids is 2. The van der Waals surface area contributed by atoms with Crippen LogP contribution in [0.4, 0.5) is 0 Å². The highest BCUT2D eigenvalue weighted by Gasteiger charge is 2.41. The summed E-state index contributed by atoms with van der Waals surface area (Å²) >= 11 is 1.48. The minimum atomic E-state index is -0.378. The molecule has 1 unspecified atom stereocenters. The van der Waals surface area contributed by atoms with Crippen molar-refractivity contribution in [2.75, 3.05) is 13.2 Å². The lowest BCUT2D eigenvalue weighted by atomic mass is 9.93. The maximum atomic E-state index is 12.9. The number of hydrogen-bond donors (Lipinski definition) is 1. The Hall–Kier alpha value is -2.54. The molecule has 1 aromatic rings. The third-order valence-corrected chi connectivity index (χ3v) is 5.83. The van der Waals surface area contributed by atoms with Crippen molar-refractivity contribution in [2.24, 2.45) is 10.9 Å². The van der Waals surface area contributed by atoms with E-state index in [2.05, 4.69) is 24.2 Å². The second-order valence-electron chi connectivity index (χ2n) is 7.90. The van der Waals surface area contributed by atoms with Gasteiger partial charge in [-0.1, -0.05) is 55.4 Å². The number of allylic oxidation sites excluding steroid dienone is 1. The van der Waals surface area contributed by atoms with Crippen LogP contribution in [0.3, 0.4) is 0 Å². The lowest BCUT2D eigenvalue weighted by Gasteiger charge is -2.36. The van der Waals surface area contributed by atoms with Crippen LogP contribution in [0.1, 0.15) is 51.3 Å². The fourth-order valence-corrected chi connectivity index (χ4v) is 4.41. The Morgan fingerprint density at radius 2 is 1.93 bits per heavy atom. The predicted octanol–water partition coefficient (Wildman–Crippen LogP) is 4.30. The first kappa shape index (κ1) is 22.2. The summed E-state index contributed by atoms with van der Waals surface area (Å²) in [6.07, 6.45) is 0.232. The molecule has 1 N–H and O–H groups in total. The third kappa shape index (κ3) is 4.78. The van der Waals surface area contributed by atoms with Gasteiger partial charge in [-0.15, -0.1) is 0 Å². The third-order valence-electron chi connectivity index (χ3n) is 4.94. The average molecular weight is 428 g/mol. The van der Waals surface area contributed by atoms with Crippen LogP contribution in [0.25, 0.3) is 0 Å². The van der Waals surface area contributed by atoms with E-state index < -0.39 is 0 Å². The van der Waals surface area contributed by atoms with Crippen molar-refractivity contribution in [3.8, 4) is 0 Å². The lowest BCUT2D eigenvalue weighted by molar-refractivity contribution is -0.139. The molecule has 0 radical (unpaired) electrons. The zero-order valence-corrected chi connectivity index (χ0v) is 19.0. The number of fused-ring (bicyclic) bond motifs is 1. The van der Waals surface area contributed by atoms with Gasteiger partial charge in [-0.3, -0.25) is 4.79 Å². The average Bonchev–Trinajstić information content (AvgIpc) is 3.08. The second-order valence-corrected chi connectivity index (χ2v) is 8.74. The fourth-order valence-electron chi connectivity index (χ4n) is 3.45. The zero-order valence-electron chi connectivity index (χ0n) is 18.2. The van der Waals surface area contributed by atoms with Crippen molar-refractivity contribution in [3.63, 3.8) is 0 Å². The van der Waals surface area contributed by atoms with E-state index in [4.69, 9.17) is 4.74 Å². The van der Waals surface area contributed by atoms with Gasteiger partial charge in [0.2, 0.25) is 5.91 Å². The molecule has 1 aromatic carbocycles. The van der Waals surface area contributed by atoms with E-state index >= 15 is 0 Å². The van der Waals surface area contributed by atoms with Crippen molar-refractivity contribution in [1.82, 2.24) is 10.2 Å². The number of esters is 1. The Balaban J connectivity index is 1.97. The molecule has 30 heavy (non-hydrogen) atoms. The van der Waals surface area contributed by atoms with Gasteiger partial charge in [0.1, 0.15) is 0 Å². The first-order valence-electron chi connectivity index (χ1n) is 10.3. The molecular weight excluding hydrogens is 398 g/mol. The van der Waals surface area contributed by atoms with E-state index in [0.29, 0.717) is 30.3 Å². The standard InChI is InChI=1S/C23H29N3O3S/c1-6-29-22(28)20-16(5)25-23-26(21(20)17-9-7-15(4)8-10-17)18(13-30-23)11-19(27)24-12-14(2)3/h7-10,13-14,21H,6,11-12H2,1-5H3,(H,24,27). The molecule has 2 heterocycles. The molecule has 7 heteroatoms. The summed E-state index contributed by atoms with van der Waals surface area (Å²) in [5.41, 5.74) is 4.10.